The smallest absolute Gasteiger partial charge is 0.336 e. The third-order valence-corrected chi connectivity index (χ3v) is 5.32. The standard InChI is InChI=1S/C16H17NO5S/c1-17(10-11-18)23(21,22)13-8-6-12(7-9-13)14-4-2-3-5-15(14)16(19)20/h2-9,18H,10-11H2,1H3,(H,19,20). The average Bonchev–Trinajstić information content (AvgIpc) is 2.55. The maximum absolute atomic E-state index is 12.3. The third kappa shape index (κ3) is 3.58. The zero-order chi connectivity index (χ0) is 17.0. The first-order valence-corrected chi connectivity index (χ1v) is 8.32. The lowest BCUT2D eigenvalue weighted by Gasteiger charge is -2.16. The van der Waals surface area contributed by atoms with Gasteiger partial charge in [-0.1, -0.05) is 30.3 Å². The van der Waals surface area contributed by atoms with Crippen LogP contribution in [0.25, 0.3) is 11.1 Å². The van der Waals surface area contributed by atoms with E-state index in [9.17, 15) is 18.3 Å². The topological polar surface area (TPSA) is 94.9 Å². The summed E-state index contributed by atoms with van der Waals surface area (Å²) < 4.78 is 25.6. The largest absolute Gasteiger partial charge is 0.478 e. The predicted molar refractivity (Wildman–Crippen MR) is 85.7 cm³/mol. The highest BCUT2D eigenvalue weighted by molar-refractivity contribution is 7.89. The first-order valence-electron chi connectivity index (χ1n) is 6.88. The predicted octanol–water partition coefficient (Wildman–Crippen LogP) is 1.66. The number of aromatic carboxylic acids is 1. The number of likely N-dealkylation sites (N-methyl/N-ethyl adjacent to an activating group) is 1. The van der Waals surface area contributed by atoms with E-state index in [0.29, 0.717) is 11.1 Å². The highest BCUT2D eigenvalue weighted by Gasteiger charge is 2.20. The van der Waals surface area contributed by atoms with Gasteiger partial charge in [-0.05, 0) is 29.3 Å². The van der Waals surface area contributed by atoms with Gasteiger partial charge in [0, 0.05) is 13.6 Å². The molecular weight excluding hydrogens is 318 g/mol. The number of nitrogens with zero attached hydrogens (tertiary/aromatic N) is 1. The summed E-state index contributed by atoms with van der Waals surface area (Å²) in [6.45, 7) is -0.258. The molecule has 0 saturated carbocycles. The van der Waals surface area contributed by atoms with Crippen molar-refractivity contribution in [2.24, 2.45) is 0 Å². The fourth-order valence-corrected chi connectivity index (χ4v) is 3.33. The van der Waals surface area contributed by atoms with Crippen LogP contribution in [-0.2, 0) is 10.0 Å². The summed E-state index contributed by atoms with van der Waals surface area (Å²) in [5.74, 6) is -1.04. The molecule has 0 aliphatic heterocycles. The molecule has 2 aromatic carbocycles. The van der Waals surface area contributed by atoms with Gasteiger partial charge in [0.25, 0.3) is 0 Å². The summed E-state index contributed by atoms with van der Waals surface area (Å²) in [5, 5.41) is 18.1. The van der Waals surface area contributed by atoms with E-state index in [-0.39, 0.29) is 23.6 Å². The van der Waals surface area contributed by atoms with Crippen molar-refractivity contribution in [1.29, 1.82) is 0 Å². The molecule has 0 spiro atoms. The molecule has 0 amide bonds. The lowest BCUT2D eigenvalue weighted by Crippen LogP contribution is -2.29. The summed E-state index contributed by atoms with van der Waals surface area (Å²) in [7, 11) is -2.28. The summed E-state index contributed by atoms with van der Waals surface area (Å²) in [6.07, 6.45) is 0. The average molecular weight is 335 g/mol. The van der Waals surface area contributed by atoms with Crippen molar-refractivity contribution < 1.29 is 23.4 Å². The zero-order valence-electron chi connectivity index (χ0n) is 12.5. The highest BCUT2D eigenvalue weighted by atomic mass is 32.2. The number of benzene rings is 2. The van der Waals surface area contributed by atoms with Gasteiger partial charge >= 0.3 is 5.97 Å². The summed E-state index contributed by atoms with van der Waals surface area (Å²) in [4.78, 5) is 11.3. The Balaban J connectivity index is 2.40. The Bertz CT molecular complexity index is 799. The van der Waals surface area contributed by atoms with Crippen LogP contribution in [0.5, 0.6) is 0 Å². The molecule has 0 bridgehead atoms. The van der Waals surface area contributed by atoms with E-state index in [1.54, 1.807) is 30.3 Å². The van der Waals surface area contributed by atoms with Crippen molar-refractivity contribution in [3.63, 3.8) is 0 Å². The number of aliphatic hydroxyl groups excluding tert-OH is 1. The molecule has 7 heteroatoms. The minimum absolute atomic E-state index is 0.00589. The van der Waals surface area contributed by atoms with Gasteiger partial charge in [-0.2, -0.15) is 4.31 Å². The maximum atomic E-state index is 12.3. The Kier molecular flexibility index (Phi) is 5.15. The molecule has 2 N–H and O–H groups in total. The Morgan fingerprint density at radius 3 is 2.26 bits per heavy atom. The second-order valence-electron chi connectivity index (χ2n) is 4.93. The van der Waals surface area contributed by atoms with Crippen LogP contribution in [0.2, 0.25) is 0 Å². The van der Waals surface area contributed by atoms with Gasteiger partial charge in [-0.15, -0.1) is 0 Å². The highest BCUT2D eigenvalue weighted by Crippen LogP contribution is 2.25. The summed E-state index contributed by atoms with van der Waals surface area (Å²) >= 11 is 0. The van der Waals surface area contributed by atoms with Crippen LogP contribution < -0.4 is 0 Å². The summed E-state index contributed by atoms with van der Waals surface area (Å²) in [6, 6.07) is 12.5. The van der Waals surface area contributed by atoms with Gasteiger partial charge in [0.1, 0.15) is 0 Å². The van der Waals surface area contributed by atoms with E-state index in [1.165, 1.54) is 25.2 Å². The first kappa shape index (κ1) is 17.1. The van der Waals surface area contributed by atoms with E-state index >= 15 is 0 Å². The van der Waals surface area contributed by atoms with Crippen LogP contribution in [0.1, 0.15) is 10.4 Å². The van der Waals surface area contributed by atoms with Gasteiger partial charge in [0.15, 0.2) is 0 Å². The molecule has 23 heavy (non-hydrogen) atoms. The number of carboxylic acids is 1. The van der Waals surface area contributed by atoms with Crippen LogP contribution in [0.4, 0.5) is 0 Å². The van der Waals surface area contributed by atoms with E-state index in [2.05, 4.69) is 0 Å². The number of aliphatic hydroxyl groups is 1. The number of rotatable bonds is 6. The van der Waals surface area contributed by atoms with Gasteiger partial charge in [0.2, 0.25) is 10.0 Å². The number of hydrogen-bond acceptors (Lipinski definition) is 4. The zero-order valence-corrected chi connectivity index (χ0v) is 13.3. The van der Waals surface area contributed by atoms with E-state index < -0.39 is 16.0 Å². The molecule has 2 aromatic rings. The molecule has 0 atom stereocenters. The minimum atomic E-state index is -3.67. The minimum Gasteiger partial charge on any atom is -0.478 e. The lowest BCUT2D eigenvalue weighted by atomic mass is 10.00. The first-order chi connectivity index (χ1) is 10.9. The van der Waals surface area contributed by atoms with Gasteiger partial charge in [-0.3, -0.25) is 0 Å². The molecule has 0 aromatic heterocycles. The van der Waals surface area contributed by atoms with Crippen LogP contribution in [0.3, 0.4) is 0 Å². The van der Waals surface area contributed by atoms with Crippen LogP contribution in [0.15, 0.2) is 53.4 Å². The quantitative estimate of drug-likeness (QED) is 0.837. The van der Waals surface area contributed by atoms with Crippen LogP contribution in [-0.4, -0.2) is 49.1 Å². The fraction of sp³-hybridized carbons (Fsp3) is 0.188. The molecule has 0 saturated heterocycles. The molecule has 122 valence electrons. The van der Waals surface area contributed by atoms with Gasteiger partial charge < -0.3 is 10.2 Å². The number of sulfonamides is 1. The normalized spacial score (nSPS) is 11.6. The van der Waals surface area contributed by atoms with Crippen LogP contribution >= 0.6 is 0 Å². The number of carboxylic acid groups (broad SMARTS) is 1. The number of carbonyl (C=O) groups is 1. The molecule has 0 radical (unpaired) electrons. The monoisotopic (exact) mass is 335 g/mol. The van der Waals surface area contributed by atoms with Crippen molar-refractivity contribution in [3.05, 3.63) is 54.1 Å². The molecule has 6 nitrogen and oxygen atoms in total. The SMILES string of the molecule is CN(CCO)S(=O)(=O)c1ccc(-c2ccccc2C(=O)O)cc1. The fourth-order valence-electron chi connectivity index (χ4n) is 2.17. The molecule has 0 fully saturated rings. The van der Waals surface area contributed by atoms with E-state index in [4.69, 9.17) is 5.11 Å². The summed E-state index contributed by atoms with van der Waals surface area (Å²) in [5.41, 5.74) is 1.29. The Labute approximate surface area is 134 Å². The van der Waals surface area contributed by atoms with Crippen molar-refractivity contribution >= 4 is 16.0 Å². The third-order valence-electron chi connectivity index (χ3n) is 3.45. The van der Waals surface area contributed by atoms with E-state index in [0.717, 1.165) is 4.31 Å². The van der Waals surface area contributed by atoms with Crippen molar-refractivity contribution in [1.82, 2.24) is 4.31 Å². The second kappa shape index (κ2) is 6.91. The Hall–Kier alpha value is -2.22. The van der Waals surface area contributed by atoms with Crippen molar-refractivity contribution in [2.75, 3.05) is 20.2 Å². The lowest BCUT2D eigenvalue weighted by molar-refractivity contribution is 0.0697. The van der Waals surface area contributed by atoms with Crippen LogP contribution in [0, 0.1) is 0 Å². The molecular formula is C16H17NO5S. The number of hydrogen-bond donors (Lipinski definition) is 2. The second-order valence-corrected chi connectivity index (χ2v) is 6.97. The molecule has 0 unspecified atom stereocenters. The van der Waals surface area contributed by atoms with E-state index in [1.807, 2.05) is 0 Å². The molecule has 0 aliphatic carbocycles. The Morgan fingerprint density at radius 2 is 1.70 bits per heavy atom. The van der Waals surface area contributed by atoms with Crippen molar-refractivity contribution in [3.8, 4) is 11.1 Å². The molecule has 0 aliphatic rings. The van der Waals surface area contributed by atoms with Gasteiger partial charge in [-0.25, -0.2) is 13.2 Å². The maximum Gasteiger partial charge on any atom is 0.336 e. The molecule has 0 heterocycles. The Morgan fingerprint density at radius 1 is 1.09 bits per heavy atom. The van der Waals surface area contributed by atoms with Crippen molar-refractivity contribution in [2.45, 2.75) is 4.90 Å². The molecule has 2 rings (SSSR count). The van der Waals surface area contributed by atoms with Gasteiger partial charge in [0.05, 0.1) is 17.1 Å².